The van der Waals surface area contributed by atoms with Gasteiger partial charge in [-0.15, -0.1) is 5.11 Å². The van der Waals surface area contributed by atoms with E-state index >= 15 is 0 Å². The van der Waals surface area contributed by atoms with E-state index in [0.717, 1.165) is 18.5 Å². The Labute approximate surface area is 169 Å². The fourth-order valence-corrected chi connectivity index (χ4v) is 4.06. The Balaban J connectivity index is 2.21. The van der Waals surface area contributed by atoms with Gasteiger partial charge in [0.15, 0.2) is 5.84 Å². The molecule has 6 N–H and O–H groups in total. The Morgan fingerprint density at radius 2 is 2.14 bits per heavy atom. The van der Waals surface area contributed by atoms with Gasteiger partial charge in [-0.1, -0.05) is 25.8 Å². The maximum atomic E-state index is 14.8. The normalized spacial score (nSPS) is 16.1. The molecule has 0 radical (unpaired) electrons. The number of anilines is 1. The van der Waals surface area contributed by atoms with Crippen LogP contribution in [0.15, 0.2) is 41.3 Å². The second-order valence-corrected chi connectivity index (χ2v) is 8.07. The van der Waals surface area contributed by atoms with Crippen molar-refractivity contribution in [2.75, 3.05) is 30.4 Å². The van der Waals surface area contributed by atoms with Gasteiger partial charge in [-0.05, 0) is 48.4 Å². The topological polar surface area (TPSA) is 119 Å². The second-order valence-electron chi connectivity index (χ2n) is 7.04. The van der Waals surface area contributed by atoms with Gasteiger partial charge >= 0.3 is 0 Å². The van der Waals surface area contributed by atoms with E-state index in [-0.39, 0.29) is 11.4 Å². The summed E-state index contributed by atoms with van der Waals surface area (Å²) in [6, 6.07) is 3.38. The number of halogens is 1. The third kappa shape index (κ3) is 5.80. The minimum Gasteiger partial charge on any atom is -0.405 e. The molecule has 0 atom stereocenters. The molecule has 152 valence electrons. The lowest BCUT2D eigenvalue weighted by Gasteiger charge is -2.36. The average Bonchev–Trinajstić information content (AvgIpc) is 2.65. The fourth-order valence-electron chi connectivity index (χ4n) is 3.04. The highest BCUT2D eigenvalue weighted by Gasteiger charge is 2.24. The lowest BCUT2D eigenvalue weighted by molar-refractivity contribution is 0.492. The Hall–Kier alpha value is -2.39. The lowest BCUT2D eigenvalue weighted by atomic mass is 9.99. The summed E-state index contributed by atoms with van der Waals surface area (Å²) in [5, 5.41) is 11.1. The summed E-state index contributed by atoms with van der Waals surface area (Å²) in [4.78, 5) is 2.03. The number of allylic oxidation sites excluding steroid dienone is 2. The number of rotatable bonds is 7. The number of hydrogen-bond donors (Lipinski definition) is 4. The maximum absolute atomic E-state index is 14.8. The summed E-state index contributed by atoms with van der Waals surface area (Å²) in [5.41, 5.74) is 20.8. The van der Waals surface area contributed by atoms with Gasteiger partial charge in [0.2, 0.25) is 0 Å². The fraction of sp³-hybridized carbons (Fsp3) is 0.421. The predicted octanol–water partition coefficient (Wildman–Crippen LogP) is 3.42. The summed E-state index contributed by atoms with van der Waals surface area (Å²) in [6.07, 6.45) is 5.65. The molecule has 7 nitrogen and oxygen atoms in total. The molecule has 9 heteroatoms. The molecule has 0 bridgehead atoms. The monoisotopic (exact) mass is 405 g/mol. The summed E-state index contributed by atoms with van der Waals surface area (Å²) < 4.78 is 16.9. The largest absolute Gasteiger partial charge is 0.405 e. The number of amidine groups is 1. The maximum Gasteiger partial charge on any atom is 0.178 e. The van der Waals surface area contributed by atoms with Gasteiger partial charge in [-0.2, -0.15) is 0 Å². The molecule has 1 heterocycles. The van der Waals surface area contributed by atoms with Crippen LogP contribution in [0.2, 0.25) is 0 Å². The summed E-state index contributed by atoms with van der Waals surface area (Å²) in [5.74, 6) is 0.129. The summed E-state index contributed by atoms with van der Waals surface area (Å²) in [7, 11) is 0. The van der Waals surface area contributed by atoms with Crippen molar-refractivity contribution in [3.8, 4) is 0 Å². The van der Waals surface area contributed by atoms with Crippen LogP contribution in [-0.2, 0) is 6.42 Å². The van der Waals surface area contributed by atoms with Crippen molar-refractivity contribution >= 4 is 23.5 Å². The standard InChI is InChI=1S/C19H28FN7S/c1-13(2)8-14-9-16(20)18(19(23)25-24)17(10-14)26-6-7-27(28-12-26)11-15(22)4-3-5-21/h3-5,9-10,13,23-24H,6-8,11-12,21-22H2,1-2H3/b5-3-,15-4-,23-19?,25-24?. The van der Waals surface area contributed by atoms with E-state index < -0.39 is 5.82 Å². The third-order valence-corrected chi connectivity index (χ3v) is 5.36. The Morgan fingerprint density at radius 1 is 1.39 bits per heavy atom. The second kappa shape index (κ2) is 10.2. The van der Waals surface area contributed by atoms with Crippen molar-refractivity contribution in [3.63, 3.8) is 0 Å². The first-order chi connectivity index (χ1) is 13.3. The summed E-state index contributed by atoms with van der Waals surface area (Å²) in [6.45, 7) is 6.16. The zero-order valence-corrected chi connectivity index (χ0v) is 17.1. The summed E-state index contributed by atoms with van der Waals surface area (Å²) >= 11 is 1.59. The van der Waals surface area contributed by atoms with Crippen LogP contribution in [0.3, 0.4) is 0 Å². The van der Waals surface area contributed by atoms with Gasteiger partial charge in [-0.25, -0.2) is 14.2 Å². The molecule has 0 unspecified atom stereocenters. The molecule has 2 rings (SSSR count). The molecule has 0 aliphatic carbocycles. The van der Waals surface area contributed by atoms with Crippen LogP contribution >= 0.6 is 11.9 Å². The quantitative estimate of drug-likeness (QED) is 0.182. The SMILES string of the molecule is CC(C)Cc1cc(F)c(C(=N)N=N)c(N2CCN(C/C(N)=C/C=C\N)SC2)c1. The minimum atomic E-state index is -0.498. The van der Waals surface area contributed by atoms with E-state index in [9.17, 15) is 4.39 Å². The van der Waals surface area contributed by atoms with Gasteiger partial charge in [0.1, 0.15) is 5.82 Å². The van der Waals surface area contributed by atoms with E-state index in [2.05, 4.69) is 23.3 Å². The molecule has 1 aromatic rings. The molecule has 0 amide bonds. The molecule has 0 saturated carbocycles. The Bertz CT molecular complexity index is 768. The van der Waals surface area contributed by atoms with E-state index in [0.29, 0.717) is 36.3 Å². The minimum absolute atomic E-state index is 0.0871. The highest BCUT2D eigenvalue weighted by molar-refractivity contribution is 7.97. The zero-order chi connectivity index (χ0) is 20.7. The van der Waals surface area contributed by atoms with E-state index in [4.69, 9.17) is 22.4 Å². The molecule has 0 spiro atoms. The van der Waals surface area contributed by atoms with Crippen molar-refractivity contribution in [1.82, 2.24) is 4.31 Å². The first-order valence-corrected chi connectivity index (χ1v) is 10.0. The van der Waals surface area contributed by atoms with Crippen LogP contribution in [0.25, 0.3) is 0 Å². The van der Waals surface area contributed by atoms with Crippen molar-refractivity contribution in [2.24, 2.45) is 22.5 Å². The zero-order valence-electron chi connectivity index (χ0n) is 16.3. The molecular weight excluding hydrogens is 377 g/mol. The van der Waals surface area contributed by atoms with Crippen molar-refractivity contribution < 1.29 is 4.39 Å². The number of hydrogen-bond acceptors (Lipinski definition) is 7. The van der Waals surface area contributed by atoms with Crippen LogP contribution in [0.4, 0.5) is 10.1 Å². The van der Waals surface area contributed by atoms with Crippen molar-refractivity contribution in [1.29, 1.82) is 10.9 Å². The van der Waals surface area contributed by atoms with Crippen LogP contribution in [-0.4, -0.2) is 35.7 Å². The average molecular weight is 406 g/mol. The third-order valence-electron chi connectivity index (χ3n) is 4.26. The highest BCUT2D eigenvalue weighted by atomic mass is 32.2. The van der Waals surface area contributed by atoms with Gasteiger partial charge < -0.3 is 16.4 Å². The Kier molecular flexibility index (Phi) is 8.01. The first kappa shape index (κ1) is 21.9. The van der Waals surface area contributed by atoms with Crippen LogP contribution < -0.4 is 16.4 Å². The number of nitrogens with two attached hydrogens (primary N) is 2. The van der Waals surface area contributed by atoms with Gasteiger partial charge in [0.05, 0.1) is 17.1 Å². The molecule has 1 saturated heterocycles. The van der Waals surface area contributed by atoms with Crippen molar-refractivity contribution in [2.45, 2.75) is 20.3 Å². The van der Waals surface area contributed by atoms with E-state index in [1.807, 2.05) is 11.0 Å². The molecule has 1 aromatic carbocycles. The van der Waals surface area contributed by atoms with E-state index in [1.165, 1.54) is 12.3 Å². The molecule has 1 aliphatic rings. The molecular formula is C19H28FN7S. The Morgan fingerprint density at radius 3 is 2.71 bits per heavy atom. The molecule has 0 aromatic heterocycles. The smallest absolute Gasteiger partial charge is 0.178 e. The number of nitrogens with zero attached hydrogens (tertiary/aromatic N) is 3. The van der Waals surface area contributed by atoms with Crippen LogP contribution in [0.5, 0.6) is 0 Å². The molecule has 1 fully saturated rings. The lowest BCUT2D eigenvalue weighted by Crippen LogP contribution is -2.41. The van der Waals surface area contributed by atoms with Gasteiger partial charge in [-0.3, -0.25) is 5.41 Å². The number of nitrogens with one attached hydrogen (secondary N) is 2. The van der Waals surface area contributed by atoms with Gasteiger partial charge in [0, 0.05) is 25.3 Å². The molecule has 28 heavy (non-hydrogen) atoms. The highest BCUT2D eigenvalue weighted by Crippen LogP contribution is 2.31. The van der Waals surface area contributed by atoms with Gasteiger partial charge in [0.25, 0.3) is 0 Å². The first-order valence-electron chi connectivity index (χ1n) is 9.10. The van der Waals surface area contributed by atoms with E-state index in [1.54, 1.807) is 24.1 Å². The predicted molar refractivity (Wildman–Crippen MR) is 114 cm³/mol. The van der Waals surface area contributed by atoms with Crippen LogP contribution in [0, 0.1) is 22.7 Å². The van der Waals surface area contributed by atoms with Crippen LogP contribution in [0.1, 0.15) is 25.0 Å². The molecule has 1 aliphatic heterocycles. The van der Waals surface area contributed by atoms with Crippen molar-refractivity contribution in [3.05, 3.63) is 53.1 Å². The number of benzene rings is 1.